The van der Waals surface area contributed by atoms with Gasteiger partial charge >= 0.3 is 0 Å². The zero-order valence-electron chi connectivity index (χ0n) is 11.6. The summed E-state index contributed by atoms with van der Waals surface area (Å²) >= 11 is 1.37. The summed E-state index contributed by atoms with van der Waals surface area (Å²) in [6.45, 7) is 1.13. The third-order valence-electron chi connectivity index (χ3n) is 2.99. The van der Waals surface area contributed by atoms with Crippen LogP contribution in [-0.2, 0) is 11.3 Å². The monoisotopic (exact) mass is 294 g/mol. The zero-order valence-corrected chi connectivity index (χ0v) is 12.4. The summed E-state index contributed by atoms with van der Waals surface area (Å²) in [5.74, 6) is 0.568. The first kappa shape index (κ1) is 14.7. The SMILES string of the molecule is CNCCCC(=O)N(C)Cc1nc2ccsc2c(=O)[nH]1. The Hall–Kier alpha value is -1.73. The fourth-order valence-corrected chi connectivity index (χ4v) is 2.64. The Morgan fingerprint density at radius 2 is 2.35 bits per heavy atom. The second kappa shape index (κ2) is 6.62. The number of aromatic amines is 1. The van der Waals surface area contributed by atoms with Crippen LogP contribution in [0.3, 0.4) is 0 Å². The maximum atomic E-state index is 11.9. The van der Waals surface area contributed by atoms with Gasteiger partial charge in [0.2, 0.25) is 5.91 Å². The van der Waals surface area contributed by atoms with Gasteiger partial charge in [0.25, 0.3) is 5.56 Å². The van der Waals surface area contributed by atoms with E-state index in [1.54, 1.807) is 11.9 Å². The number of carbonyl (C=O) groups is 1. The molecule has 1 amide bonds. The number of hydrogen-bond acceptors (Lipinski definition) is 5. The van der Waals surface area contributed by atoms with Gasteiger partial charge in [0.05, 0.1) is 12.1 Å². The highest BCUT2D eigenvalue weighted by atomic mass is 32.1. The number of fused-ring (bicyclic) bond motifs is 1. The average molecular weight is 294 g/mol. The largest absolute Gasteiger partial charge is 0.338 e. The maximum Gasteiger partial charge on any atom is 0.268 e. The normalized spacial score (nSPS) is 10.9. The van der Waals surface area contributed by atoms with Gasteiger partial charge in [-0.1, -0.05) is 0 Å². The Morgan fingerprint density at radius 3 is 3.10 bits per heavy atom. The molecule has 0 fully saturated rings. The van der Waals surface area contributed by atoms with Crippen LogP contribution >= 0.6 is 11.3 Å². The van der Waals surface area contributed by atoms with Crippen LogP contribution in [0, 0.1) is 0 Å². The van der Waals surface area contributed by atoms with E-state index in [4.69, 9.17) is 0 Å². The van der Waals surface area contributed by atoms with E-state index in [-0.39, 0.29) is 11.5 Å². The summed E-state index contributed by atoms with van der Waals surface area (Å²) in [6.07, 6.45) is 1.29. The second-order valence-corrected chi connectivity index (χ2v) is 5.52. The van der Waals surface area contributed by atoms with E-state index < -0.39 is 0 Å². The van der Waals surface area contributed by atoms with E-state index in [2.05, 4.69) is 15.3 Å². The molecule has 6 nitrogen and oxygen atoms in total. The minimum absolute atomic E-state index is 0.0494. The molecule has 0 radical (unpaired) electrons. The third kappa shape index (κ3) is 3.43. The molecule has 0 bridgehead atoms. The molecule has 0 saturated heterocycles. The lowest BCUT2D eigenvalue weighted by Gasteiger charge is -2.16. The van der Waals surface area contributed by atoms with E-state index in [1.807, 2.05) is 18.5 Å². The average Bonchev–Trinajstić information content (AvgIpc) is 2.87. The quantitative estimate of drug-likeness (QED) is 0.777. The number of thiophene rings is 1. The van der Waals surface area contributed by atoms with Crippen molar-refractivity contribution in [1.82, 2.24) is 20.2 Å². The van der Waals surface area contributed by atoms with Crippen LogP contribution in [0.2, 0.25) is 0 Å². The summed E-state index contributed by atoms with van der Waals surface area (Å²) in [7, 11) is 3.58. The molecule has 0 atom stereocenters. The Kier molecular flexibility index (Phi) is 4.86. The van der Waals surface area contributed by atoms with Gasteiger partial charge in [-0.15, -0.1) is 11.3 Å². The van der Waals surface area contributed by atoms with Crippen LogP contribution in [-0.4, -0.2) is 41.4 Å². The number of nitrogens with one attached hydrogen (secondary N) is 2. The molecular weight excluding hydrogens is 276 g/mol. The van der Waals surface area contributed by atoms with E-state index in [0.29, 0.717) is 29.0 Å². The predicted octanol–water partition coefficient (Wildman–Crippen LogP) is 0.943. The molecule has 0 aliphatic rings. The van der Waals surface area contributed by atoms with Crippen LogP contribution in [0.15, 0.2) is 16.2 Å². The van der Waals surface area contributed by atoms with Gasteiger partial charge in [-0.2, -0.15) is 0 Å². The minimum atomic E-state index is -0.143. The van der Waals surface area contributed by atoms with Gasteiger partial charge in [-0.05, 0) is 31.5 Å². The number of hydrogen-bond donors (Lipinski definition) is 2. The molecule has 20 heavy (non-hydrogen) atoms. The van der Waals surface area contributed by atoms with Gasteiger partial charge in [0, 0.05) is 13.5 Å². The van der Waals surface area contributed by atoms with Crippen molar-refractivity contribution in [1.29, 1.82) is 0 Å². The number of amides is 1. The van der Waals surface area contributed by atoms with E-state index >= 15 is 0 Å². The Morgan fingerprint density at radius 1 is 1.55 bits per heavy atom. The van der Waals surface area contributed by atoms with E-state index in [1.165, 1.54) is 11.3 Å². The van der Waals surface area contributed by atoms with Crippen molar-refractivity contribution in [2.45, 2.75) is 19.4 Å². The molecule has 7 heteroatoms. The summed E-state index contributed by atoms with van der Waals surface area (Å²) in [6, 6.07) is 1.81. The lowest BCUT2D eigenvalue weighted by atomic mass is 10.3. The van der Waals surface area contributed by atoms with E-state index in [9.17, 15) is 9.59 Å². The molecular formula is C13H18N4O2S. The van der Waals surface area contributed by atoms with Crippen molar-refractivity contribution >= 4 is 27.5 Å². The lowest BCUT2D eigenvalue weighted by molar-refractivity contribution is -0.130. The molecule has 0 saturated carbocycles. The first-order chi connectivity index (χ1) is 9.61. The van der Waals surface area contributed by atoms with Gasteiger partial charge < -0.3 is 15.2 Å². The minimum Gasteiger partial charge on any atom is -0.338 e. The molecule has 0 aromatic carbocycles. The summed E-state index contributed by atoms with van der Waals surface area (Å²) in [4.78, 5) is 32.4. The maximum absolute atomic E-state index is 11.9. The molecule has 0 aliphatic carbocycles. The first-order valence-corrected chi connectivity index (χ1v) is 7.34. The van der Waals surface area contributed by atoms with Crippen molar-refractivity contribution in [3.63, 3.8) is 0 Å². The number of nitrogens with zero attached hydrogens (tertiary/aromatic N) is 2. The Labute approximate surface area is 120 Å². The highest BCUT2D eigenvalue weighted by molar-refractivity contribution is 7.17. The van der Waals surface area contributed by atoms with Gasteiger partial charge in [-0.3, -0.25) is 9.59 Å². The first-order valence-electron chi connectivity index (χ1n) is 6.47. The van der Waals surface area contributed by atoms with Gasteiger partial charge in [0.15, 0.2) is 0 Å². The van der Waals surface area contributed by atoms with Crippen LogP contribution < -0.4 is 10.9 Å². The predicted molar refractivity (Wildman–Crippen MR) is 79.9 cm³/mol. The highest BCUT2D eigenvalue weighted by Gasteiger charge is 2.11. The zero-order chi connectivity index (χ0) is 14.5. The number of rotatable bonds is 6. The second-order valence-electron chi connectivity index (χ2n) is 4.60. The molecule has 2 aromatic rings. The standard InChI is InChI=1S/C13H18N4O2S/c1-14-6-3-4-11(18)17(2)8-10-15-9-5-7-20-12(9)13(19)16-10/h5,7,14H,3-4,6,8H2,1-2H3,(H,15,16,19). The molecule has 2 aromatic heterocycles. The number of H-pyrrole nitrogens is 1. The Balaban J connectivity index is 2.03. The lowest BCUT2D eigenvalue weighted by Crippen LogP contribution is -2.28. The number of carbonyl (C=O) groups excluding carboxylic acids is 1. The van der Waals surface area contributed by atoms with Crippen molar-refractivity contribution < 1.29 is 4.79 Å². The highest BCUT2D eigenvalue weighted by Crippen LogP contribution is 2.14. The summed E-state index contributed by atoms with van der Waals surface area (Å²) in [5, 5.41) is 4.84. The molecule has 2 heterocycles. The van der Waals surface area contributed by atoms with Crippen molar-refractivity contribution in [3.05, 3.63) is 27.6 Å². The molecule has 0 spiro atoms. The topological polar surface area (TPSA) is 78.1 Å². The van der Waals surface area contributed by atoms with Crippen LogP contribution in [0.25, 0.3) is 10.2 Å². The molecule has 0 unspecified atom stereocenters. The molecule has 108 valence electrons. The Bertz CT molecular complexity index is 649. The van der Waals surface area contributed by atoms with Crippen LogP contribution in [0.4, 0.5) is 0 Å². The van der Waals surface area contributed by atoms with Gasteiger partial charge in [0.1, 0.15) is 10.5 Å². The molecule has 2 rings (SSSR count). The fraction of sp³-hybridized carbons (Fsp3) is 0.462. The summed E-state index contributed by atoms with van der Waals surface area (Å²) < 4.78 is 0.622. The van der Waals surface area contributed by atoms with Crippen LogP contribution in [0.1, 0.15) is 18.7 Å². The molecule has 0 aliphatic heterocycles. The van der Waals surface area contributed by atoms with Crippen molar-refractivity contribution in [2.24, 2.45) is 0 Å². The summed E-state index contributed by atoms with van der Waals surface area (Å²) in [5.41, 5.74) is 0.542. The fourth-order valence-electron chi connectivity index (χ4n) is 1.92. The van der Waals surface area contributed by atoms with Crippen molar-refractivity contribution in [3.8, 4) is 0 Å². The van der Waals surface area contributed by atoms with Crippen molar-refractivity contribution in [2.75, 3.05) is 20.6 Å². The number of aromatic nitrogens is 2. The van der Waals surface area contributed by atoms with E-state index in [0.717, 1.165) is 13.0 Å². The smallest absolute Gasteiger partial charge is 0.268 e. The molecule has 2 N–H and O–H groups in total. The van der Waals surface area contributed by atoms with Crippen LogP contribution in [0.5, 0.6) is 0 Å². The third-order valence-corrected chi connectivity index (χ3v) is 3.90. The van der Waals surface area contributed by atoms with Gasteiger partial charge in [-0.25, -0.2) is 4.98 Å².